The van der Waals surface area contributed by atoms with Gasteiger partial charge in [0.15, 0.2) is 0 Å². The molecule has 1 aromatic heterocycles. The van der Waals surface area contributed by atoms with Gasteiger partial charge in [-0.1, -0.05) is 18.2 Å². The standard InChI is InChI=1S/C14H16N4/c1-2-5-13(6-3-1)17-9-11-18(12-10-17)14-15-7-4-8-16-14/h1-8H,9-12H2. The van der Waals surface area contributed by atoms with Crippen molar-refractivity contribution in [2.45, 2.75) is 0 Å². The average molecular weight is 240 g/mol. The number of aromatic nitrogens is 2. The summed E-state index contributed by atoms with van der Waals surface area (Å²) in [5, 5.41) is 0. The molecule has 92 valence electrons. The topological polar surface area (TPSA) is 32.3 Å². The quantitative estimate of drug-likeness (QED) is 0.801. The van der Waals surface area contributed by atoms with Gasteiger partial charge in [-0.15, -0.1) is 0 Å². The van der Waals surface area contributed by atoms with Crippen LogP contribution in [0, 0.1) is 0 Å². The van der Waals surface area contributed by atoms with Crippen molar-refractivity contribution in [3.05, 3.63) is 48.8 Å². The highest BCUT2D eigenvalue weighted by Crippen LogP contribution is 2.17. The second-order valence-electron chi connectivity index (χ2n) is 4.36. The SMILES string of the molecule is c1ccc(N2CCN(c3ncccn3)CC2)cc1. The van der Waals surface area contributed by atoms with Crippen molar-refractivity contribution in [2.24, 2.45) is 0 Å². The first-order valence-electron chi connectivity index (χ1n) is 6.25. The van der Waals surface area contributed by atoms with Gasteiger partial charge in [-0.2, -0.15) is 0 Å². The summed E-state index contributed by atoms with van der Waals surface area (Å²) in [5.74, 6) is 0.838. The Hall–Kier alpha value is -2.10. The molecule has 0 amide bonds. The van der Waals surface area contributed by atoms with E-state index in [4.69, 9.17) is 0 Å². The lowest BCUT2D eigenvalue weighted by atomic mass is 10.2. The maximum absolute atomic E-state index is 4.30. The molecule has 0 bridgehead atoms. The van der Waals surface area contributed by atoms with E-state index in [9.17, 15) is 0 Å². The van der Waals surface area contributed by atoms with E-state index in [0.29, 0.717) is 0 Å². The number of benzene rings is 1. The summed E-state index contributed by atoms with van der Waals surface area (Å²) in [6.07, 6.45) is 3.60. The Labute approximate surface area is 107 Å². The lowest BCUT2D eigenvalue weighted by Crippen LogP contribution is -2.47. The molecular formula is C14H16N4. The Morgan fingerprint density at radius 2 is 1.33 bits per heavy atom. The number of hydrogen-bond acceptors (Lipinski definition) is 4. The van der Waals surface area contributed by atoms with Gasteiger partial charge >= 0.3 is 0 Å². The van der Waals surface area contributed by atoms with Crippen LogP contribution in [0.2, 0.25) is 0 Å². The van der Waals surface area contributed by atoms with E-state index >= 15 is 0 Å². The third-order valence-corrected chi connectivity index (χ3v) is 3.24. The van der Waals surface area contributed by atoms with Crippen molar-refractivity contribution in [3.8, 4) is 0 Å². The van der Waals surface area contributed by atoms with Crippen LogP contribution in [0.4, 0.5) is 11.6 Å². The van der Waals surface area contributed by atoms with E-state index in [1.807, 2.05) is 6.07 Å². The first kappa shape index (κ1) is 11.0. The van der Waals surface area contributed by atoms with Gasteiger partial charge in [-0.25, -0.2) is 9.97 Å². The van der Waals surface area contributed by atoms with Crippen molar-refractivity contribution >= 4 is 11.6 Å². The number of nitrogens with zero attached hydrogens (tertiary/aromatic N) is 4. The number of anilines is 2. The molecule has 2 aromatic rings. The fourth-order valence-electron chi connectivity index (χ4n) is 2.26. The van der Waals surface area contributed by atoms with Crippen molar-refractivity contribution in [1.82, 2.24) is 9.97 Å². The minimum atomic E-state index is 0.838. The number of piperazine rings is 1. The number of hydrogen-bond donors (Lipinski definition) is 0. The van der Waals surface area contributed by atoms with Crippen LogP contribution in [0.25, 0.3) is 0 Å². The zero-order valence-corrected chi connectivity index (χ0v) is 10.2. The Morgan fingerprint density at radius 1 is 0.722 bits per heavy atom. The first-order valence-corrected chi connectivity index (χ1v) is 6.25. The highest BCUT2D eigenvalue weighted by molar-refractivity contribution is 5.48. The number of para-hydroxylation sites is 1. The summed E-state index contributed by atoms with van der Waals surface area (Å²) in [4.78, 5) is 13.2. The van der Waals surface area contributed by atoms with E-state index in [1.54, 1.807) is 12.4 Å². The monoisotopic (exact) mass is 240 g/mol. The number of rotatable bonds is 2. The maximum Gasteiger partial charge on any atom is 0.225 e. The van der Waals surface area contributed by atoms with E-state index < -0.39 is 0 Å². The molecule has 1 aliphatic heterocycles. The molecule has 0 spiro atoms. The average Bonchev–Trinajstić information content (AvgIpc) is 2.49. The van der Waals surface area contributed by atoms with E-state index in [-0.39, 0.29) is 0 Å². The highest BCUT2D eigenvalue weighted by Gasteiger charge is 2.18. The molecule has 4 nitrogen and oxygen atoms in total. The fraction of sp³-hybridized carbons (Fsp3) is 0.286. The van der Waals surface area contributed by atoms with Crippen LogP contribution < -0.4 is 9.80 Å². The molecule has 0 atom stereocenters. The van der Waals surface area contributed by atoms with Gasteiger partial charge in [0.1, 0.15) is 0 Å². The van der Waals surface area contributed by atoms with E-state index in [1.165, 1.54) is 5.69 Å². The van der Waals surface area contributed by atoms with Gasteiger partial charge < -0.3 is 9.80 Å². The van der Waals surface area contributed by atoms with Crippen LogP contribution in [0.5, 0.6) is 0 Å². The van der Waals surface area contributed by atoms with Gasteiger partial charge in [0, 0.05) is 44.3 Å². The molecule has 0 saturated carbocycles. The van der Waals surface area contributed by atoms with Crippen LogP contribution in [0.1, 0.15) is 0 Å². The molecule has 1 saturated heterocycles. The normalized spacial score (nSPS) is 15.8. The Bertz CT molecular complexity index is 430. The highest BCUT2D eigenvalue weighted by atomic mass is 15.3. The first-order chi connectivity index (χ1) is 8.93. The van der Waals surface area contributed by atoms with Gasteiger partial charge in [0.05, 0.1) is 0 Å². The smallest absolute Gasteiger partial charge is 0.225 e. The molecule has 1 aliphatic rings. The van der Waals surface area contributed by atoms with Gasteiger partial charge in [0.25, 0.3) is 0 Å². The Balaban J connectivity index is 1.65. The Morgan fingerprint density at radius 3 is 2.00 bits per heavy atom. The summed E-state index contributed by atoms with van der Waals surface area (Å²) in [7, 11) is 0. The predicted molar refractivity (Wildman–Crippen MR) is 72.9 cm³/mol. The van der Waals surface area contributed by atoms with Crippen molar-refractivity contribution in [1.29, 1.82) is 0 Å². The Kier molecular flexibility index (Phi) is 3.08. The predicted octanol–water partition coefficient (Wildman–Crippen LogP) is 1.80. The van der Waals surface area contributed by atoms with Crippen LogP contribution >= 0.6 is 0 Å². The second kappa shape index (κ2) is 5.04. The summed E-state index contributed by atoms with van der Waals surface area (Å²) in [6, 6.07) is 12.4. The van der Waals surface area contributed by atoms with Gasteiger partial charge in [-0.05, 0) is 18.2 Å². The zero-order chi connectivity index (χ0) is 12.2. The molecule has 4 heteroatoms. The van der Waals surface area contributed by atoms with Crippen LogP contribution in [-0.4, -0.2) is 36.1 Å². The molecule has 2 heterocycles. The van der Waals surface area contributed by atoms with Crippen molar-refractivity contribution in [3.63, 3.8) is 0 Å². The minimum Gasteiger partial charge on any atom is -0.368 e. The van der Waals surface area contributed by atoms with Gasteiger partial charge in [-0.3, -0.25) is 0 Å². The maximum atomic E-state index is 4.30. The molecular weight excluding hydrogens is 224 g/mol. The fourth-order valence-corrected chi connectivity index (χ4v) is 2.26. The molecule has 0 radical (unpaired) electrons. The molecule has 0 N–H and O–H groups in total. The summed E-state index contributed by atoms with van der Waals surface area (Å²) < 4.78 is 0. The van der Waals surface area contributed by atoms with Gasteiger partial charge in [0.2, 0.25) is 5.95 Å². The lowest BCUT2D eigenvalue weighted by Gasteiger charge is -2.36. The molecule has 0 unspecified atom stereocenters. The molecule has 0 aliphatic carbocycles. The summed E-state index contributed by atoms with van der Waals surface area (Å²) in [5.41, 5.74) is 1.30. The minimum absolute atomic E-state index is 0.838. The summed E-state index contributed by atoms with van der Waals surface area (Å²) >= 11 is 0. The van der Waals surface area contributed by atoms with E-state index in [0.717, 1.165) is 32.1 Å². The largest absolute Gasteiger partial charge is 0.368 e. The van der Waals surface area contributed by atoms with Crippen LogP contribution in [0.3, 0.4) is 0 Å². The van der Waals surface area contributed by atoms with Crippen LogP contribution in [0.15, 0.2) is 48.8 Å². The molecule has 18 heavy (non-hydrogen) atoms. The molecule has 1 fully saturated rings. The summed E-state index contributed by atoms with van der Waals surface area (Å²) in [6.45, 7) is 3.97. The zero-order valence-electron chi connectivity index (χ0n) is 10.2. The van der Waals surface area contributed by atoms with Crippen LogP contribution in [-0.2, 0) is 0 Å². The van der Waals surface area contributed by atoms with Crippen molar-refractivity contribution in [2.75, 3.05) is 36.0 Å². The van der Waals surface area contributed by atoms with E-state index in [2.05, 4.69) is 50.1 Å². The molecule has 1 aromatic carbocycles. The lowest BCUT2D eigenvalue weighted by molar-refractivity contribution is 0.640. The molecule has 3 rings (SSSR count). The third-order valence-electron chi connectivity index (χ3n) is 3.24. The second-order valence-corrected chi connectivity index (χ2v) is 4.36. The van der Waals surface area contributed by atoms with Crippen molar-refractivity contribution < 1.29 is 0 Å². The third kappa shape index (κ3) is 2.27.